The molecular weight excluding hydrogens is 355 g/mol. The Morgan fingerprint density at radius 1 is 1.04 bits per heavy atom. The molecule has 0 aromatic heterocycles. The van der Waals surface area contributed by atoms with Crippen LogP contribution in [0.4, 0.5) is 10.1 Å². The average Bonchev–Trinajstić information content (AvgIpc) is 2.51. The number of carbonyl (C=O) groups excluding carboxylic acids is 1. The molecule has 1 aliphatic heterocycles. The van der Waals surface area contributed by atoms with Crippen LogP contribution >= 0.6 is 0 Å². The standard InChI is InChI=1S/C19H23FN2O3S/c20-15-7-16-14(1-2-18(23)21-16)6-17(15)26(24,25)22-19-8-11-3-12(9-19)5-13(4-11)10-19/h6-7,11-13,22H,1-5,8-10H2,(H,21,23). The quantitative estimate of drug-likeness (QED) is 0.849. The minimum Gasteiger partial charge on any atom is -0.326 e. The van der Waals surface area contributed by atoms with Gasteiger partial charge in [-0.05, 0) is 80.4 Å². The molecule has 0 radical (unpaired) electrons. The maximum atomic E-state index is 14.6. The van der Waals surface area contributed by atoms with Crippen molar-refractivity contribution in [2.24, 2.45) is 17.8 Å². The van der Waals surface area contributed by atoms with Crippen LogP contribution in [0.3, 0.4) is 0 Å². The normalized spacial score (nSPS) is 35.3. The van der Waals surface area contributed by atoms with Crippen LogP contribution in [-0.2, 0) is 21.2 Å². The van der Waals surface area contributed by atoms with Crippen molar-refractivity contribution < 1.29 is 17.6 Å². The monoisotopic (exact) mass is 378 g/mol. The van der Waals surface area contributed by atoms with Crippen LogP contribution in [0.5, 0.6) is 0 Å². The molecule has 1 amide bonds. The van der Waals surface area contributed by atoms with E-state index in [1.54, 1.807) is 0 Å². The van der Waals surface area contributed by atoms with Crippen molar-refractivity contribution in [1.82, 2.24) is 4.72 Å². The van der Waals surface area contributed by atoms with E-state index in [1.807, 2.05) is 0 Å². The van der Waals surface area contributed by atoms with Crippen molar-refractivity contribution in [3.63, 3.8) is 0 Å². The summed E-state index contributed by atoms with van der Waals surface area (Å²) >= 11 is 0. The van der Waals surface area contributed by atoms with Crippen molar-refractivity contribution >= 4 is 21.6 Å². The molecular formula is C19H23FN2O3S. The van der Waals surface area contributed by atoms with Crippen LogP contribution in [0.15, 0.2) is 17.0 Å². The van der Waals surface area contributed by atoms with Crippen LogP contribution in [0.2, 0.25) is 0 Å². The number of fused-ring (bicyclic) bond motifs is 1. The summed E-state index contributed by atoms with van der Waals surface area (Å²) in [6.07, 6.45) is 7.00. The third-order valence-corrected chi connectivity index (χ3v) is 8.33. The molecule has 1 heterocycles. The molecule has 0 saturated heterocycles. The second kappa shape index (κ2) is 5.52. The van der Waals surface area contributed by atoms with Crippen LogP contribution in [-0.4, -0.2) is 19.9 Å². The second-order valence-electron chi connectivity index (χ2n) is 8.79. The summed E-state index contributed by atoms with van der Waals surface area (Å²) in [5.41, 5.74) is 0.661. The van der Waals surface area contributed by atoms with E-state index < -0.39 is 21.4 Å². The average molecular weight is 378 g/mol. The molecule has 1 aromatic rings. The molecule has 0 spiro atoms. The Hall–Kier alpha value is -1.47. The molecule has 4 bridgehead atoms. The fourth-order valence-electron chi connectivity index (χ4n) is 6.16. The van der Waals surface area contributed by atoms with E-state index in [2.05, 4.69) is 10.0 Å². The van der Waals surface area contributed by atoms with Crippen LogP contribution in [0.1, 0.15) is 50.5 Å². The lowest BCUT2D eigenvalue weighted by molar-refractivity contribution is -0.116. The van der Waals surface area contributed by atoms with Crippen molar-refractivity contribution in [1.29, 1.82) is 0 Å². The number of carbonyl (C=O) groups is 1. The van der Waals surface area contributed by atoms with Gasteiger partial charge >= 0.3 is 0 Å². The summed E-state index contributed by atoms with van der Waals surface area (Å²) in [7, 11) is -3.94. The predicted octanol–water partition coefficient (Wildman–Crippen LogP) is 2.96. The van der Waals surface area contributed by atoms with Crippen molar-refractivity contribution in [2.45, 2.75) is 61.8 Å². The molecule has 4 fully saturated rings. The topological polar surface area (TPSA) is 75.3 Å². The molecule has 6 rings (SSSR count). The minimum absolute atomic E-state index is 0.167. The minimum atomic E-state index is -3.94. The van der Waals surface area contributed by atoms with Crippen molar-refractivity contribution in [3.8, 4) is 0 Å². The molecule has 5 nitrogen and oxygen atoms in total. The molecule has 1 aromatic carbocycles. The number of sulfonamides is 1. The lowest BCUT2D eigenvalue weighted by Crippen LogP contribution is -2.59. The van der Waals surface area contributed by atoms with Gasteiger partial charge in [0, 0.05) is 17.6 Å². The zero-order chi connectivity index (χ0) is 18.1. The van der Waals surface area contributed by atoms with Gasteiger partial charge in [-0.25, -0.2) is 17.5 Å². The molecule has 0 atom stereocenters. The fraction of sp³-hybridized carbons (Fsp3) is 0.632. The van der Waals surface area contributed by atoms with Gasteiger partial charge in [0.25, 0.3) is 0 Å². The number of rotatable bonds is 3. The molecule has 140 valence electrons. The van der Waals surface area contributed by atoms with Gasteiger partial charge in [-0.3, -0.25) is 4.79 Å². The van der Waals surface area contributed by atoms with Crippen molar-refractivity contribution in [3.05, 3.63) is 23.5 Å². The van der Waals surface area contributed by atoms with Crippen molar-refractivity contribution in [2.75, 3.05) is 5.32 Å². The summed E-state index contributed by atoms with van der Waals surface area (Å²) in [6.45, 7) is 0. The first-order valence-electron chi connectivity index (χ1n) is 9.48. The van der Waals surface area contributed by atoms with Gasteiger partial charge in [-0.1, -0.05) is 0 Å². The smallest absolute Gasteiger partial charge is 0.243 e. The first-order chi connectivity index (χ1) is 12.3. The highest BCUT2D eigenvalue weighted by molar-refractivity contribution is 7.89. The first kappa shape index (κ1) is 16.7. The highest BCUT2D eigenvalue weighted by atomic mass is 32.2. The predicted molar refractivity (Wildman–Crippen MR) is 94.6 cm³/mol. The number of hydrogen-bond donors (Lipinski definition) is 2. The summed E-state index contributed by atoms with van der Waals surface area (Å²) < 4.78 is 43.6. The van der Waals surface area contributed by atoms with Gasteiger partial charge in [0.15, 0.2) is 0 Å². The van der Waals surface area contributed by atoms with E-state index in [9.17, 15) is 17.6 Å². The third-order valence-electron chi connectivity index (χ3n) is 6.73. The second-order valence-corrected chi connectivity index (χ2v) is 10.4. The molecule has 5 aliphatic rings. The largest absolute Gasteiger partial charge is 0.326 e. The Bertz CT molecular complexity index is 861. The molecule has 4 aliphatic carbocycles. The Balaban J connectivity index is 1.47. The summed E-state index contributed by atoms with van der Waals surface area (Å²) in [4.78, 5) is 11.2. The van der Waals surface area contributed by atoms with E-state index in [1.165, 1.54) is 25.3 Å². The zero-order valence-corrected chi connectivity index (χ0v) is 15.4. The first-order valence-corrected chi connectivity index (χ1v) is 11.0. The highest BCUT2D eigenvalue weighted by Gasteiger charge is 2.52. The molecule has 0 unspecified atom stereocenters. The van der Waals surface area contributed by atoms with E-state index in [0.717, 1.165) is 25.3 Å². The SMILES string of the molecule is O=C1CCc2cc(S(=O)(=O)NC34CC5CC(CC(C5)C3)C4)c(F)cc2N1. The molecule has 7 heteroatoms. The van der Waals surface area contributed by atoms with Gasteiger partial charge in [0.1, 0.15) is 10.7 Å². The summed E-state index contributed by atoms with van der Waals surface area (Å²) in [5, 5.41) is 2.61. The number of hydrogen-bond acceptors (Lipinski definition) is 3. The summed E-state index contributed by atoms with van der Waals surface area (Å²) in [5.74, 6) is 0.843. The number of benzene rings is 1. The Labute approximate surface area is 152 Å². The van der Waals surface area contributed by atoms with Crippen LogP contribution < -0.4 is 10.0 Å². The third kappa shape index (κ3) is 2.67. The Morgan fingerprint density at radius 2 is 1.65 bits per heavy atom. The van der Waals surface area contributed by atoms with Crippen LogP contribution in [0, 0.1) is 23.6 Å². The number of anilines is 1. The number of aryl methyl sites for hydroxylation is 1. The van der Waals surface area contributed by atoms with E-state index >= 15 is 0 Å². The maximum Gasteiger partial charge on any atom is 0.243 e. The summed E-state index contributed by atoms with van der Waals surface area (Å²) in [6, 6.07) is 2.54. The van der Waals surface area contributed by atoms with Gasteiger partial charge in [-0.2, -0.15) is 0 Å². The number of amides is 1. The van der Waals surface area contributed by atoms with Gasteiger partial charge in [0.2, 0.25) is 15.9 Å². The lowest BCUT2D eigenvalue weighted by Gasteiger charge is -2.56. The van der Waals surface area contributed by atoms with Gasteiger partial charge in [0.05, 0.1) is 0 Å². The van der Waals surface area contributed by atoms with Gasteiger partial charge < -0.3 is 5.32 Å². The fourth-order valence-corrected chi connectivity index (χ4v) is 7.70. The molecule has 2 N–H and O–H groups in total. The Kier molecular flexibility index (Phi) is 3.54. The maximum absolute atomic E-state index is 14.6. The lowest BCUT2D eigenvalue weighted by atomic mass is 9.53. The van der Waals surface area contributed by atoms with E-state index in [4.69, 9.17) is 0 Å². The number of nitrogens with one attached hydrogen (secondary N) is 2. The van der Waals surface area contributed by atoms with Gasteiger partial charge in [-0.15, -0.1) is 0 Å². The Morgan fingerprint density at radius 3 is 2.27 bits per heavy atom. The zero-order valence-electron chi connectivity index (χ0n) is 14.6. The highest BCUT2D eigenvalue weighted by Crippen LogP contribution is 2.56. The number of halogens is 1. The molecule has 4 saturated carbocycles. The van der Waals surface area contributed by atoms with E-state index in [0.29, 0.717) is 41.8 Å². The molecule has 26 heavy (non-hydrogen) atoms. The van der Waals surface area contributed by atoms with E-state index in [-0.39, 0.29) is 10.8 Å². The van der Waals surface area contributed by atoms with Crippen LogP contribution in [0.25, 0.3) is 0 Å².